The molecule has 4 aromatic heterocycles. The number of aromatic nitrogens is 5. The van der Waals surface area contributed by atoms with Gasteiger partial charge in [0.25, 0.3) is 0 Å². The third-order valence-electron chi connectivity index (χ3n) is 22.9. The highest BCUT2D eigenvalue weighted by Gasteiger charge is 2.45. The lowest BCUT2D eigenvalue weighted by atomic mass is 9.67. The number of thiophene rings is 1. The van der Waals surface area contributed by atoms with Crippen molar-refractivity contribution in [1.29, 1.82) is 0 Å². The molecule has 0 N–H and O–H groups in total. The van der Waals surface area contributed by atoms with Gasteiger partial charge in [-0.2, -0.15) is 0 Å². The highest BCUT2D eigenvalue weighted by atomic mass is 32.1. The van der Waals surface area contributed by atoms with Crippen LogP contribution in [0.3, 0.4) is 0 Å². The van der Waals surface area contributed by atoms with Gasteiger partial charge in [-0.05, 0) is 176 Å². The van der Waals surface area contributed by atoms with Crippen molar-refractivity contribution >= 4 is 53.4 Å². The zero-order chi connectivity index (χ0) is 68.7. The van der Waals surface area contributed by atoms with Crippen molar-refractivity contribution in [2.75, 3.05) is 0 Å². The van der Waals surface area contributed by atoms with E-state index in [1.165, 1.54) is 157 Å². The van der Waals surface area contributed by atoms with E-state index in [4.69, 9.17) is 29.3 Å². The van der Waals surface area contributed by atoms with Gasteiger partial charge in [-0.1, -0.05) is 275 Å². The van der Waals surface area contributed by atoms with Crippen LogP contribution >= 0.6 is 11.3 Å². The van der Waals surface area contributed by atoms with Crippen molar-refractivity contribution in [3.63, 3.8) is 0 Å². The first-order valence-electron chi connectivity index (χ1n) is 36.8. The van der Waals surface area contributed by atoms with Crippen LogP contribution in [0.25, 0.3) is 166 Å². The van der Waals surface area contributed by atoms with Gasteiger partial charge in [0.05, 0.1) is 11.4 Å². The molecule has 2 fully saturated rings. The van der Waals surface area contributed by atoms with Gasteiger partial charge >= 0.3 is 0 Å². The molecule has 0 atom stereocenters. The molecule has 17 aromatic rings. The Kier molecular flexibility index (Phi) is 15.1. The van der Waals surface area contributed by atoms with Crippen molar-refractivity contribution in [1.82, 2.24) is 24.9 Å². The van der Waals surface area contributed by atoms with Crippen LogP contribution in [0.15, 0.2) is 314 Å². The summed E-state index contributed by atoms with van der Waals surface area (Å²) >= 11 is 1.85. The van der Waals surface area contributed by atoms with Crippen molar-refractivity contribution in [3.8, 4) is 124 Å². The Balaban J connectivity index is 0.000000139. The van der Waals surface area contributed by atoms with Gasteiger partial charge in [0.2, 0.25) is 0 Å². The average Bonchev–Trinajstić information content (AvgIpc) is 1.57. The van der Waals surface area contributed by atoms with E-state index in [-0.39, 0.29) is 10.8 Å². The fourth-order valence-electron chi connectivity index (χ4n) is 17.7. The highest BCUT2D eigenvalue weighted by molar-refractivity contribution is 7.25. The molecule has 4 heterocycles. The topological polar surface area (TPSA) is 77.6 Å². The average molecular weight is 1350 g/mol. The normalized spacial score (nSPS) is 14.5. The van der Waals surface area contributed by atoms with E-state index in [9.17, 15) is 0 Å². The Morgan fingerprint density at radius 3 is 1.12 bits per heavy atom. The summed E-state index contributed by atoms with van der Waals surface area (Å²) in [5.41, 5.74) is 28.9. The largest absolute Gasteiger partial charge is 0.456 e. The third-order valence-corrected chi connectivity index (χ3v) is 24.0. The Morgan fingerprint density at radius 2 is 0.577 bits per heavy atom. The van der Waals surface area contributed by atoms with Crippen molar-refractivity contribution < 1.29 is 4.42 Å². The number of fused-ring (bicyclic) bond motifs is 16. The Hall–Kier alpha value is -12.0. The number of hydrogen-bond donors (Lipinski definition) is 0. The second-order valence-corrected chi connectivity index (χ2v) is 29.8. The van der Waals surface area contributed by atoms with E-state index in [1.807, 2.05) is 72.0 Å². The molecule has 4 aliphatic rings. The summed E-state index contributed by atoms with van der Waals surface area (Å²) in [4.78, 5) is 25.2. The minimum atomic E-state index is 0.139. The van der Waals surface area contributed by atoms with Crippen molar-refractivity contribution in [2.45, 2.75) is 75.0 Å². The zero-order valence-electron chi connectivity index (χ0n) is 57.6. The summed E-state index contributed by atoms with van der Waals surface area (Å²) in [5.74, 6) is 2.71. The summed E-state index contributed by atoms with van der Waals surface area (Å²) in [6, 6.07) is 111. The molecule has 6 nitrogen and oxygen atoms in total. The summed E-state index contributed by atoms with van der Waals surface area (Å²) in [6.45, 7) is 0. The molecule has 7 heteroatoms. The fourth-order valence-corrected chi connectivity index (χ4v) is 18.8. The summed E-state index contributed by atoms with van der Waals surface area (Å²) in [7, 11) is 0. The highest BCUT2D eigenvalue weighted by Crippen LogP contribution is 2.58. The van der Waals surface area contributed by atoms with Crippen LogP contribution in [-0.4, -0.2) is 24.9 Å². The second-order valence-electron chi connectivity index (χ2n) is 28.8. The zero-order valence-corrected chi connectivity index (χ0v) is 58.4. The van der Waals surface area contributed by atoms with E-state index >= 15 is 0 Å². The lowest BCUT2D eigenvalue weighted by Crippen LogP contribution is -2.28. The maximum absolute atomic E-state index is 6.62. The molecule has 0 saturated heterocycles. The molecule has 496 valence electrons. The Morgan fingerprint density at radius 1 is 0.231 bits per heavy atom. The first kappa shape index (κ1) is 61.8. The number of benzene rings is 13. The van der Waals surface area contributed by atoms with E-state index < -0.39 is 0 Å². The lowest BCUT2D eigenvalue weighted by molar-refractivity contribution is 0.353. The smallest absolute Gasteiger partial charge is 0.164 e. The minimum Gasteiger partial charge on any atom is -0.456 e. The van der Waals surface area contributed by atoms with Crippen LogP contribution in [-0.2, 0) is 10.8 Å². The van der Waals surface area contributed by atoms with Gasteiger partial charge in [0.15, 0.2) is 23.3 Å². The molecule has 13 aromatic carbocycles. The fraction of sp³-hybridized carbons (Fsp3) is 0.124. The van der Waals surface area contributed by atoms with Gasteiger partial charge in [-0.25, -0.2) is 24.9 Å². The standard InChI is InChI=1S/C51H37N3S.C46H34N2O/c1-4-12-33(13-5-1)34-18-20-36(21-19-34)49-52-48(35-14-6-2-7-15-35)53-50(54-49)39-24-27-47-43(31-39)42-30-37(23-26-46(42)55-47)38-22-25-41-40-16-8-9-17-44(40)51(45(41)32-38)28-10-3-11-29-51;1-4-12-30(13-5-1)41-29-42(48-45(47-41)31-14-6-2-7-15-31)34-20-23-38-37-22-19-33(27-43(37)49-44(38)28-34)32-18-21-36-35-16-8-9-17-39(35)46(40(36)26-32)24-10-3-11-25-46/h1-2,4-9,12-27,30-32H,3,10-11,28-29H2;1-2,4-9,12-23,26-29H,3,10-11,24-25H2. The van der Waals surface area contributed by atoms with Crippen LogP contribution in [0.1, 0.15) is 86.5 Å². The monoisotopic (exact) mass is 1350 g/mol. The first-order chi connectivity index (χ1) is 51.4. The number of furan rings is 1. The maximum atomic E-state index is 6.62. The van der Waals surface area contributed by atoms with E-state index in [0.717, 1.165) is 72.3 Å². The van der Waals surface area contributed by atoms with E-state index in [1.54, 1.807) is 0 Å². The predicted octanol–water partition coefficient (Wildman–Crippen LogP) is 26.1. The van der Waals surface area contributed by atoms with Crippen LogP contribution in [0.5, 0.6) is 0 Å². The van der Waals surface area contributed by atoms with Gasteiger partial charge in [-0.15, -0.1) is 11.3 Å². The third kappa shape index (κ3) is 10.7. The predicted molar refractivity (Wildman–Crippen MR) is 430 cm³/mol. The first-order valence-corrected chi connectivity index (χ1v) is 37.7. The van der Waals surface area contributed by atoms with Gasteiger partial charge < -0.3 is 4.42 Å². The molecule has 104 heavy (non-hydrogen) atoms. The van der Waals surface area contributed by atoms with E-state index in [2.05, 4.69) is 249 Å². The molecule has 4 aliphatic carbocycles. The Labute approximate surface area is 609 Å². The van der Waals surface area contributed by atoms with Crippen LogP contribution in [0, 0.1) is 0 Å². The molecule has 0 bridgehead atoms. The number of hydrogen-bond acceptors (Lipinski definition) is 7. The number of rotatable bonds is 9. The molecule has 0 amide bonds. The van der Waals surface area contributed by atoms with Gasteiger partial charge in [0, 0.05) is 75.2 Å². The Bertz CT molecular complexity index is 6110. The second kappa shape index (κ2) is 25.5. The molecule has 0 aliphatic heterocycles. The van der Waals surface area contributed by atoms with Crippen molar-refractivity contribution in [3.05, 3.63) is 332 Å². The summed E-state index contributed by atoms with van der Waals surface area (Å²) in [6.07, 6.45) is 12.8. The van der Waals surface area contributed by atoms with Gasteiger partial charge in [0.1, 0.15) is 11.2 Å². The maximum Gasteiger partial charge on any atom is 0.164 e. The van der Waals surface area contributed by atoms with E-state index in [0.29, 0.717) is 23.3 Å². The molecule has 21 rings (SSSR count). The molecule has 2 spiro atoms. The molecular formula is C97H71N5OS. The van der Waals surface area contributed by atoms with Gasteiger partial charge in [-0.3, -0.25) is 0 Å². The number of nitrogens with zero attached hydrogens (tertiary/aromatic N) is 5. The quantitative estimate of drug-likeness (QED) is 0.143. The summed E-state index contributed by atoms with van der Waals surface area (Å²) in [5, 5.41) is 4.73. The minimum absolute atomic E-state index is 0.139. The SMILES string of the molecule is c1ccc(-c2cc(-c3ccc4c(c3)oc3cc(-c5ccc6c(c5)C5(CCCCC5)c5ccccc5-6)ccc34)nc(-c3ccccc3)n2)cc1.c1ccc(-c2ccc(-c3nc(-c4ccccc4)nc(-c4ccc5sc6ccc(-c7ccc8c(c7)C7(CCCCC7)c7ccccc7-8)cc6c5c4)n3)cc2)cc1. The molecular weight excluding hydrogens is 1280 g/mol. The van der Waals surface area contributed by atoms with Crippen LogP contribution < -0.4 is 0 Å². The van der Waals surface area contributed by atoms with Crippen molar-refractivity contribution in [2.24, 2.45) is 0 Å². The molecule has 0 unspecified atom stereocenters. The van der Waals surface area contributed by atoms with Crippen LogP contribution in [0.4, 0.5) is 0 Å². The molecule has 2 saturated carbocycles. The summed E-state index contributed by atoms with van der Waals surface area (Å²) < 4.78 is 9.16. The lowest BCUT2D eigenvalue weighted by Gasteiger charge is -2.36. The molecule has 0 radical (unpaired) electrons. The van der Waals surface area contributed by atoms with Crippen LogP contribution in [0.2, 0.25) is 0 Å².